The maximum atomic E-state index is 15.4. The minimum Gasteiger partial charge on any atom is -0.474 e. The number of piperidine rings is 1. The smallest absolute Gasteiger partial charge is 0.237 e. The van der Waals surface area contributed by atoms with Gasteiger partial charge in [0.1, 0.15) is 18.1 Å². The van der Waals surface area contributed by atoms with Crippen molar-refractivity contribution in [2.24, 2.45) is 5.41 Å². The third-order valence-electron chi connectivity index (χ3n) is 12.0. The molecular weight excluding hydrogens is 726 g/mol. The van der Waals surface area contributed by atoms with E-state index >= 15 is 4.39 Å². The lowest BCUT2D eigenvalue weighted by Gasteiger charge is -2.54. The van der Waals surface area contributed by atoms with Crippen molar-refractivity contribution in [1.82, 2.24) is 35.0 Å². The largest absolute Gasteiger partial charge is 0.474 e. The van der Waals surface area contributed by atoms with Gasteiger partial charge in [-0.05, 0) is 79.6 Å². The standard InChI is InChI=1S/C43H46FN9O4/c1-26-18-32(4-3-5-36(26)53-14-10-37(54)50-42(53)56)51-15-11-43(12-16-51)24-52(25-43)38(55)20-29-8-9-31(21-34(29)44)48-41-47-22-30-7-6-28(19-35(30)49-41)33-23-46-40-39(27(33)2)45-13-17-57-40/h4-9,18-19,21-23,42,45,56H,3,10-17,20,24-25H2,1-2H3,(H,50,54)(H,47,48,49)/t42-/m1/s1. The zero-order chi connectivity index (χ0) is 39.3. The third-order valence-corrected chi connectivity index (χ3v) is 12.0. The molecule has 5 aliphatic rings. The molecule has 4 N–H and O–H groups in total. The number of hydrogen-bond donors (Lipinski definition) is 4. The molecule has 3 saturated heterocycles. The number of amides is 2. The molecule has 57 heavy (non-hydrogen) atoms. The maximum Gasteiger partial charge on any atom is 0.237 e. The second-order valence-electron chi connectivity index (χ2n) is 15.7. The number of carbonyl (C=O) groups excluding carboxylic acids is 2. The Morgan fingerprint density at radius 2 is 1.91 bits per heavy atom. The minimum absolute atomic E-state index is 0.00384. The number of aliphatic hydroxyl groups excluding tert-OH is 1. The highest BCUT2D eigenvalue weighted by molar-refractivity contribution is 5.87. The minimum atomic E-state index is -1.02. The number of hydrogen-bond acceptors (Lipinski definition) is 11. The van der Waals surface area contributed by atoms with Crippen LogP contribution in [0.5, 0.6) is 5.88 Å². The van der Waals surface area contributed by atoms with Crippen LogP contribution in [0.25, 0.3) is 22.0 Å². The number of anilines is 3. The van der Waals surface area contributed by atoms with Crippen LogP contribution in [0, 0.1) is 18.2 Å². The van der Waals surface area contributed by atoms with Crippen LogP contribution in [-0.4, -0.2) is 98.8 Å². The summed E-state index contributed by atoms with van der Waals surface area (Å²) in [6, 6.07) is 10.8. The quantitative estimate of drug-likeness (QED) is 0.192. The fourth-order valence-electron chi connectivity index (χ4n) is 8.69. The molecule has 0 unspecified atom stereocenters. The predicted molar refractivity (Wildman–Crippen MR) is 215 cm³/mol. The summed E-state index contributed by atoms with van der Waals surface area (Å²) in [4.78, 5) is 44.8. The Labute approximate surface area is 330 Å². The van der Waals surface area contributed by atoms with Gasteiger partial charge in [0.2, 0.25) is 30.0 Å². The van der Waals surface area contributed by atoms with Gasteiger partial charge in [-0.2, -0.15) is 0 Å². The lowest BCUT2D eigenvalue weighted by atomic mass is 9.71. The van der Waals surface area contributed by atoms with E-state index in [1.165, 1.54) is 6.07 Å². The van der Waals surface area contributed by atoms with Gasteiger partial charge in [0.15, 0.2) is 0 Å². The van der Waals surface area contributed by atoms with Crippen LogP contribution in [0.2, 0.25) is 0 Å². The number of aromatic nitrogens is 3. The third kappa shape index (κ3) is 7.25. The Kier molecular flexibility index (Phi) is 9.51. The molecule has 1 aliphatic carbocycles. The molecular formula is C43H46FN9O4. The van der Waals surface area contributed by atoms with E-state index in [1.54, 1.807) is 18.3 Å². The molecule has 2 aromatic heterocycles. The van der Waals surface area contributed by atoms with Crippen molar-refractivity contribution in [1.29, 1.82) is 0 Å². The summed E-state index contributed by atoms with van der Waals surface area (Å²) in [5.41, 5.74) is 8.72. The van der Waals surface area contributed by atoms with E-state index in [4.69, 9.17) is 9.72 Å². The first-order chi connectivity index (χ1) is 27.6. The molecule has 0 radical (unpaired) electrons. The number of nitrogens with one attached hydrogen (secondary N) is 3. The second kappa shape index (κ2) is 14.8. The van der Waals surface area contributed by atoms with Gasteiger partial charge < -0.3 is 40.5 Å². The van der Waals surface area contributed by atoms with Crippen LogP contribution in [0.1, 0.15) is 43.7 Å². The average molecular weight is 772 g/mol. The number of benzene rings is 2. The van der Waals surface area contributed by atoms with Gasteiger partial charge >= 0.3 is 0 Å². The highest BCUT2D eigenvalue weighted by Gasteiger charge is 2.46. The Bertz CT molecular complexity index is 2360. The van der Waals surface area contributed by atoms with E-state index in [2.05, 4.69) is 49.0 Å². The molecule has 1 spiro atoms. The van der Waals surface area contributed by atoms with Gasteiger partial charge in [-0.25, -0.2) is 19.3 Å². The normalized spacial score (nSPS) is 20.3. The van der Waals surface area contributed by atoms with Gasteiger partial charge in [-0.15, -0.1) is 0 Å². The summed E-state index contributed by atoms with van der Waals surface area (Å²) >= 11 is 0. The Morgan fingerprint density at radius 1 is 1.07 bits per heavy atom. The molecule has 4 aromatic rings. The molecule has 9 rings (SSSR count). The Morgan fingerprint density at radius 3 is 2.72 bits per heavy atom. The fourth-order valence-corrected chi connectivity index (χ4v) is 8.69. The second-order valence-corrected chi connectivity index (χ2v) is 15.7. The number of fused-ring (bicyclic) bond motifs is 2. The highest BCUT2D eigenvalue weighted by Crippen LogP contribution is 2.42. The van der Waals surface area contributed by atoms with Crippen LogP contribution >= 0.6 is 0 Å². The SMILES string of the molecule is CC1=CC(N2CCC3(CC2)CN(C(=O)Cc2ccc(Nc4ncc5ccc(-c6cnc7c(c6C)NCCO7)cc5n4)cc2F)C3)=CCC=C1N1CCC(=O)N[C@H]1O. The fraction of sp³-hybridized carbons (Fsp3) is 0.372. The van der Waals surface area contributed by atoms with E-state index in [0.717, 1.165) is 89.1 Å². The topological polar surface area (TPSA) is 148 Å². The number of halogens is 1. The molecule has 6 heterocycles. The summed E-state index contributed by atoms with van der Waals surface area (Å²) in [5.74, 6) is 0.290. The summed E-state index contributed by atoms with van der Waals surface area (Å²) in [6.45, 7) is 9.04. The zero-order valence-corrected chi connectivity index (χ0v) is 32.1. The number of ether oxygens (including phenoxy) is 1. The summed E-state index contributed by atoms with van der Waals surface area (Å²) in [5, 5.41) is 20.4. The van der Waals surface area contributed by atoms with Gasteiger partial charge in [0.05, 0.1) is 11.9 Å². The number of aliphatic hydroxyl groups is 1. The highest BCUT2D eigenvalue weighted by atomic mass is 19.1. The van der Waals surface area contributed by atoms with Gasteiger partial charge in [-0.1, -0.05) is 30.4 Å². The summed E-state index contributed by atoms with van der Waals surface area (Å²) < 4.78 is 21.1. The Balaban J connectivity index is 0.784. The van der Waals surface area contributed by atoms with Crippen molar-refractivity contribution in [2.75, 3.05) is 56.5 Å². The van der Waals surface area contributed by atoms with Gasteiger partial charge in [-0.3, -0.25) is 9.59 Å². The molecule has 13 nitrogen and oxygen atoms in total. The number of rotatable bonds is 7. The van der Waals surface area contributed by atoms with Crippen LogP contribution < -0.4 is 20.7 Å². The van der Waals surface area contributed by atoms with E-state index in [-0.39, 0.29) is 23.7 Å². The van der Waals surface area contributed by atoms with Crippen LogP contribution in [0.4, 0.5) is 21.7 Å². The van der Waals surface area contributed by atoms with Crippen molar-refractivity contribution >= 4 is 40.0 Å². The molecule has 14 heteroatoms. The number of pyridine rings is 1. The monoisotopic (exact) mass is 771 g/mol. The molecule has 0 saturated carbocycles. The molecule has 294 valence electrons. The molecule has 2 aromatic carbocycles. The van der Waals surface area contributed by atoms with E-state index in [9.17, 15) is 14.7 Å². The van der Waals surface area contributed by atoms with E-state index < -0.39 is 12.2 Å². The van der Waals surface area contributed by atoms with Crippen molar-refractivity contribution in [2.45, 2.75) is 52.3 Å². The van der Waals surface area contributed by atoms with E-state index in [0.29, 0.717) is 55.7 Å². The molecule has 3 fully saturated rings. The molecule has 0 bridgehead atoms. The summed E-state index contributed by atoms with van der Waals surface area (Å²) in [7, 11) is 0. The van der Waals surface area contributed by atoms with Gasteiger partial charge in [0, 0.05) is 91.5 Å². The van der Waals surface area contributed by atoms with Crippen molar-refractivity contribution < 1.29 is 23.8 Å². The van der Waals surface area contributed by atoms with Crippen LogP contribution in [0.15, 0.2) is 84.0 Å². The van der Waals surface area contributed by atoms with Crippen molar-refractivity contribution in [3.63, 3.8) is 0 Å². The van der Waals surface area contributed by atoms with Crippen molar-refractivity contribution in [3.05, 3.63) is 101 Å². The van der Waals surface area contributed by atoms with Crippen LogP contribution in [0.3, 0.4) is 0 Å². The van der Waals surface area contributed by atoms with Crippen LogP contribution in [-0.2, 0) is 16.0 Å². The maximum absolute atomic E-state index is 15.4. The van der Waals surface area contributed by atoms with Crippen molar-refractivity contribution in [3.8, 4) is 17.0 Å². The summed E-state index contributed by atoms with van der Waals surface area (Å²) in [6.07, 6.45) is 12.1. The first-order valence-corrected chi connectivity index (χ1v) is 19.7. The lowest BCUT2D eigenvalue weighted by molar-refractivity contribution is -0.145. The van der Waals surface area contributed by atoms with Gasteiger partial charge in [0.25, 0.3) is 0 Å². The molecule has 4 aliphatic heterocycles. The number of carbonyl (C=O) groups is 2. The number of likely N-dealkylation sites (tertiary alicyclic amines) is 2. The molecule has 1 atom stereocenters. The first kappa shape index (κ1) is 36.6. The molecule has 2 amide bonds. The predicted octanol–water partition coefficient (Wildman–Crippen LogP) is 5.37. The lowest BCUT2D eigenvalue weighted by Crippen LogP contribution is -2.62. The first-order valence-electron chi connectivity index (χ1n) is 19.7. The number of nitrogens with zero attached hydrogens (tertiary/aromatic N) is 6. The Hall–Kier alpha value is -6.02. The van der Waals surface area contributed by atoms with E-state index in [1.807, 2.05) is 48.0 Å². The zero-order valence-electron chi connectivity index (χ0n) is 32.1. The average Bonchev–Trinajstić information content (AvgIpc) is 3.39. The number of allylic oxidation sites excluding steroid dienone is 4.